The van der Waals surface area contributed by atoms with E-state index in [1.807, 2.05) is 51.2 Å². The minimum absolute atomic E-state index is 0.0836. The fraction of sp³-hybridized carbons (Fsp3) is 0.222. The molecule has 0 atom stereocenters. The van der Waals surface area contributed by atoms with Crippen LogP contribution in [0.3, 0.4) is 0 Å². The summed E-state index contributed by atoms with van der Waals surface area (Å²) in [5.74, 6) is -0.133. The number of anilines is 1. The Morgan fingerprint density at radius 1 is 1.03 bits per heavy atom. The Morgan fingerprint density at radius 3 is 2.54 bits per heavy atom. The Balaban J connectivity index is 1.78. The molecular weight excluding hydrogens is 446 g/mol. The summed E-state index contributed by atoms with van der Waals surface area (Å²) >= 11 is 0. The van der Waals surface area contributed by atoms with E-state index in [9.17, 15) is 0 Å². The number of H-pyrrole nitrogens is 1. The second-order valence-electron chi connectivity index (χ2n) is 8.43. The number of para-hydroxylation sites is 1. The Bertz CT molecular complexity index is 1500. The summed E-state index contributed by atoms with van der Waals surface area (Å²) in [6.45, 7) is 6.29. The molecule has 8 heteroatoms. The van der Waals surface area contributed by atoms with Crippen LogP contribution in [0, 0.1) is 18.6 Å². The molecule has 0 bridgehead atoms. The van der Waals surface area contributed by atoms with Gasteiger partial charge in [0.15, 0.2) is 5.82 Å². The largest absolute Gasteiger partial charge is 0.383 e. The SMILES string of the molecule is CCNc1cc(F)c(-c2cccc3c(C)c[nH]c23)c(F)c1-n1c(CC)nnc1Cc1ccncc1. The second-order valence-corrected chi connectivity index (χ2v) is 8.43. The van der Waals surface area contributed by atoms with Gasteiger partial charge in [0.05, 0.1) is 16.8 Å². The zero-order chi connectivity index (χ0) is 24.5. The van der Waals surface area contributed by atoms with Gasteiger partial charge in [0, 0.05) is 48.9 Å². The molecule has 0 fully saturated rings. The monoisotopic (exact) mass is 472 g/mol. The number of pyridine rings is 1. The summed E-state index contributed by atoms with van der Waals surface area (Å²) in [5, 5.41) is 12.8. The van der Waals surface area contributed by atoms with E-state index in [1.165, 1.54) is 6.07 Å². The molecule has 0 aliphatic heterocycles. The Labute approximate surface area is 202 Å². The summed E-state index contributed by atoms with van der Waals surface area (Å²) in [6.07, 6.45) is 6.22. The Hall–Kier alpha value is -4.07. The number of hydrogen-bond acceptors (Lipinski definition) is 4. The highest BCUT2D eigenvalue weighted by molar-refractivity contribution is 5.97. The lowest BCUT2D eigenvalue weighted by molar-refractivity contribution is 0.582. The maximum atomic E-state index is 16.6. The normalized spacial score (nSPS) is 11.3. The third kappa shape index (κ3) is 3.95. The van der Waals surface area contributed by atoms with Crippen LogP contribution in [0.25, 0.3) is 27.7 Å². The first-order valence-electron chi connectivity index (χ1n) is 11.7. The van der Waals surface area contributed by atoms with Gasteiger partial charge in [-0.15, -0.1) is 10.2 Å². The third-order valence-electron chi connectivity index (χ3n) is 6.20. The smallest absolute Gasteiger partial charge is 0.160 e. The van der Waals surface area contributed by atoms with Crippen molar-refractivity contribution in [1.29, 1.82) is 0 Å². The van der Waals surface area contributed by atoms with E-state index < -0.39 is 11.6 Å². The van der Waals surface area contributed by atoms with E-state index in [0.717, 1.165) is 16.5 Å². The number of fused-ring (bicyclic) bond motifs is 1. The third-order valence-corrected chi connectivity index (χ3v) is 6.20. The molecule has 2 N–H and O–H groups in total. The Kier molecular flexibility index (Phi) is 6.03. The van der Waals surface area contributed by atoms with Gasteiger partial charge in [-0.3, -0.25) is 9.55 Å². The summed E-state index contributed by atoms with van der Waals surface area (Å²) in [4.78, 5) is 7.25. The summed E-state index contributed by atoms with van der Waals surface area (Å²) in [5.41, 5.74) is 3.63. The topological polar surface area (TPSA) is 71.4 Å². The maximum absolute atomic E-state index is 16.6. The maximum Gasteiger partial charge on any atom is 0.160 e. The predicted octanol–water partition coefficient (Wildman–Crippen LogP) is 5.98. The minimum atomic E-state index is -0.661. The predicted molar refractivity (Wildman–Crippen MR) is 134 cm³/mol. The van der Waals surface area contributed by atoms with Crippen molar-refractivity contribution < 1.29 is 8.78 Å². The van der Waals surface area contributed by atoms with Crippen LogP contribution in [0.2, 0.25) is 0 Å². The van der Waals surface area contributed by atoms with Crippen LogP contribution >= 0.6 is 0 Å². The summed E-state index contributed by atoms with van der Waals surface area (Å²) < 4.78 is 33.8. The number of aromatic nitrogens is 5. The first kappa shape index (κ1) is 22.7. The highest BCUT2D eigenvalue weighted by Crippen LogP contribution is 2.39. The highest BCUT2D eigenvalue weighted by Gasteiger charge is 2.26. The minimum Gasteiger partial charge on any atom is -0.383 e. The molecule has 5 aromatic rings. The van der Waals surface area contributed by atoms with Gasteiger partial charge in [0.2, 0.25) is 0 Å². The first-order valence-corrected chi connectivity index (χ1v) is 11.7. The van der Waals surface area contributed by atoms with Gasteiger partial charge in [0.25, 0.3) is 0 Å². The van der Waals surface area contributed by atoms with E-state index in [2.05, 4.69) is 25.5 Å². The number of nitrogens with one attached hydrogen (secondary N) is 2. The molecule has 0 saturated heterocycles. The molecule has 0 saturated carbocycles. The van der Waals surface area contributed by atoms with Gasteiger partial charge in [-0.1, -0.05) is 25.1 Å². The van der Waals surface area contributed by atoms with E-state index in [0.29, 0.717) is 47.8 Å². The fourth-order valence-corrected chi connectivity index (χ4v) is 4.54. The molecule has 6 nitrogen and oxygen atoms in total. The van der Waals surface area contributed by atoms with Gasteiger partial charge >= 0.3 is 0 Å². The number of nitrogens with zero attached hydrogens (tertiary/aromatic N) is 4. The van der Waals surface area contributed by atoms with Crippen LogP contribution < -0.4 is 5.32 Å². The summed E-state index contributed by atoms with van der Waals surface area (Å²) in [6, 6.07) is 10.6. The van der Waals surface area contributed by atoms with E-state index in [4.69, 9.17) is 0 Å². The molecule has 3 aromatic heterocycles. The fourth-order valence-electron chi connectivity index (χ4n) is 4.54. The van der Waals surface area contributed by atoms with Gasteiger partial charge in [-0.25, -0.2) is 8.78 Å². The molecule has 35 heavy (non-hydrogen) atoms. The number of halogens is 2. The second kappa shape index (κ2) is 9.29. The van der Waals surface area contributed by atoms with E-state index in [1.54, 1.807) is 23.0 Å². The molecule has 2 aromatic carbocycles. The molecule has 0 unspecified atom stereocenters. The van der Waals surface area contributed by atoms with Gasteiger partial charge in [0.1, 0.15) is 23.2 Å². The summed E-state index contributed by atoms with van der Waals surface area (Å²) in [7, 11) is 0. The van der Waals surface area contributed by atoms with Gasteiger partial charge < -0.3 is 10.3 Å². The van der Waals surface area contributed by atoms with Crippen molar-refractivity contribution in [2.75, 3.05) is 11.9 Å². The average molecular weight is 473 g/mol. The number of aromatic amines is 1. The quantitative estimate of drug-likeness (QED) is 0.306. The van der Waals surface area contributed by atoms with Crippen molar-refractivity contribution in [3.05, 3.63) is 89.4 Å². The highest BCUT2D eigenvalue weighted by atomic mass is 19.1. The zero-order valence-corrected chi connectivity index (χ0v) is 19.9. The molecule has 0 radical (unpaired) electrons. The molecule has 0 aliphatic rings. The van der Waals surface area contributed by atoms with Crippen molar-refractivity contribution in [2.45, 2.75) is 33.6 Å². The van der Waals surface area contributed by atoms with Crippen molar-refractivity contribution in [1.82, 2.24) is 24.7 Å². The molecular formula is C27H26F2N6. The molecule has 5 rings (SSSR count). The molecule has 0 aliphatic carbocycles. The molecule has 178 valence electrons. The van der Waals surface area contributed by atoms with Crippen molar-refractivity contribution in [2.24, 2.45) is 0 Å². The zero-order valence-electron chi connectivity index (χ0n) is 19.9. The van der Waals surface area contributed by atoms with Crippen LogP contribution in [0.1, 0.15) is 36.6 Å². The Morgan fingerprint density at radius 2 is 1.80 bits per heavy atom. The lowest BCUT2D eigenvalue weighted by atomic mass is 9.99. The van der Waals surface area contributed by atoms with E-state index in [-0.39, 0.29) is 11.3 Å². The molecule has 0 amide bonds. The van der Waals surface area contributed by atoms with E-state index >= 15 is 8.78 Å². The van der Waals surface area contributed by atoms with Crippen LogP contribution in [0.4, 0.5) is 14.5 Å². The van der Waals surface area contributed by atoms with Crippen molar-refractivity contribution in [3.8, 4) is 16.8 Å². The number of aryl methyl sites for hydroxylation is 2. The van der Waals surface area contributed by atoms with Gasteiger partial charge in [-0.2, -0.15) is 0 Å². The van der Waals surface area contributed by atoms with Crippen molar-refractivity contribution >= 4 is 16.6 Å². The average Bonchev–Trinajstić information content (AvgIpc) is 3.43. The molecule has 0 spiro atoms. The number of rotatable bonds is 7. The van der Waals surface area contributed by atoms with Crippen LogP contribution in [-0.4, -0.2) is 31.3 Å². The standard InChI is InChI=1S/C27H26F2N6/c1-4-22-33-34-23(13-17-9-11-30-12-10-17)35(22)27-21(31-5-2)14-20(28)24(25(27)29)19-8-6-7-18-16(3)15-32-26(18)19/h6-12,14-15,31-32H,4-5,13H2,1-3H3. The van der Waals surface area contributed by atoms with Crippen molar-refractivity contribution in [3.63, 3.8) is 0 Å². The van der Waals surface area contributed by atoms with Gasteiger partial charge in [-0.05, 0) is 43.2 Å². The van der Waals surface area contributed by atoms with Crippen LogP contribution in [0.5, 0.6) is 0 Å². The number of hydrogen-bond donors (Lipinski definition) is 2. The van der Waals surface area contributed by atoms with Crippen LogP contribution in [-0.2, 0) is 12.8 Å². The lowest BCUT2D eigenvalue weighted by Crippen LogP contribution is -2.13. The lowest BCUT2D eigenvalue weighted by Gasteiger charge is -2.19. The van der Waals surface area contributed by atoms with Crippen LogP contribution in [0.15, 0.2) is 55.0 Å². The number of benzene rings is 2. The first-order chi connectivity index (χ1) is 17.0. The molecule has 3 heterocycles.